The van der Waals surface area contributed by atoms with Crippen LogP contribution in [0.5, 0.6) is 0 Å². The van der Waals surface area contributed by atoms with Crippen LogP contribution < -0.4 is 0 Å². The van der Waals surface area contributed by atoms with Crippen molar-refractivity contribution >= 4 is 11.9 Å². The second-order valence-corrected chi connectivity index (χ2v) is 2.34. The van der Waals surface area contributed by atoms with Crippen LogP contribution in [0, 0.1) is 5.41 Å². The lowest BCUT2D eigenvalue weighted by Gasteiger charge is -2.23. The van der Waals surface area contributed by atoms with Crippen LogP contribution in [0.2, 0.25) is 0 Å². The van der Waals surface area contributed by atoms with Crippen LogP contribution in [0.4, 0.5) is 4.79 Å². The molecule has 1 fully saturated rings. The van der Waals surface area contributed by atoms with Crippen LogP contribution in [-0.2, 0) is 0 Å². The maximum absolute atomic E-state index is 10.3. The Hall–Kier alpha value is -1.06. The SMILES string of the molecule is N=C1CCCCN1C(=O)O. The number of amides is 1. The van der Waals surface area contributed by atoms with Crippen molar-refractivity contribution in [1.29, 1.82) is 5.41 Å². The van der Waals surface area contributed by atoms with E-state index in [0.717, 1.165) is 17.7 Å². The largest absolute Gasteiger partial charge is 0.465 e. The lowest BCUT2D eigenvalue weighted by atomic mass is 10.1. The molecule has 0 saturated carbocycles. The van der Waals surface area contributed by atoms with Gasteiger partial charge in [0.15, 0.2) is 0 Å². The molecule has 0 unspecified atom stereocenters. The fourth-order valence-corrected chi connectivity index (χ4v) is 1.04. The molecule has 0 bridgehead atoms. The summed E-state index contributed by atoms with van der Waals surface area (Å²) >= 11 is 0. The number of carbonyl (C=O) groups is 1. The molecular formula is C6H10N2O2. The smallest absolute Gasteiger partial charge is 0.412 e. The van der Waals surface area contributed by atoms with E-state index >= 15 is 0 Å². The van der Waals surface area contributed by atoms with Gasteiger partial charge < -0.3 is 5.11 Å². The molecule has 0 aliphatic carbocycles. The van der Waals surface area contributed by atoms with Gasteiger partial charge in [0.2, 0.25) is 0 Å². The summed E-state index contributed by atoms with van der Waals surface area (Å²) in [5, 5.41) is 15.7. The Kier molecular flexibility index (Phi) is 1.89. The topological polar surface area (TPSA) is 64.4 Å². The summed E-state index contributed by atoms with van der Waals surface area (Å²) in [5.74, 6) is 0.235. The molecule has 1 amide bonds. The zero-order valence-electron chi connectivity index (χ0n) is 5.63. The number of carboxylic acid groups (broad SMARTS) is 1. The minimum Gasteiger partial charge on any atom is -0.465 e. The van der Waals surface area contributed by atoms with Crippen LogP contribution in [-0.4, -0.2) is 28.5 Å². The zero-order valence-corrected chi connectivity index (χ0v) is 5.63. The van der Waals surface area contributed by atoms with E-state index in [4.69, 9.17) is 10.5 Å². The van der Waals surface area contributed by atoms with Crippen LogP contribution in [0.25, 0.3) is 0 Å². The van der Waals surface area contributed by atoms with Gasteiger partial charge >= 0.3 is 6.09 Å². The Morgan fingerprint density at radius 3 is 2.70 bits per heavy atom. The molecule has 0 aromatic rings. The van der Waals surface area contributed by atoms with Crippen molar-refractivity contribution in [1.82, 2.24) is 4.90 Å². The summed E-state index contributed by atoms with van der Waals surface area (Å²) in [6.45, 7) is 0.494. The summed E-state index contributed by atoms with van der Waals surface area (Å²) in [4.78, 5) is 11.5. The Morgan fingerprint density at radius 2 is 2.30 bits per heavy atom. The van der Waals surface area contributed by atoms with Crippen molar-refractivity contribution in [2.75, 3.05) is 6.54 Å². The summed E-state index contributed by atoms with van der Waals surface area (Å²) in [6, 6.07) is 0. The highest BCUT2D eigenvalue weighted by Crippen LogP contribution is 2.10. The normalized spacial score (nSPS) is 19.2. The number of nitrogens with one attached hydrogen (secondary N) is 1. The average molecular weight is 142 g/mol. The molecular weight excluding hydrogens is 132 g/mol. The highest BCUT2D eigenvalue weighted by Gasteiger charge is 2.19. The third-order valence-electron chi connectivity index (χ3n) is 1.60. The average Bonchev–Trinajstić information content (AvgIpc) is 1.88. The van der Waals surface area contributed by atoms with E-state index in [1.165, 1.54) is 0 Å². The molecule has 0 spiro atoms. The number of likely N-dealkylation sites (tertiary alicyclic amines) is 1. The molecule has 0 aromatic carbocycles. The lowest BCUT2D eigenvalue weighted by Crippen LogP contribution is -2.38. The molecule has 1 aliphatic rings. The molecule has 1 heterocycles. The van der Waals surface area contributed by atoms with Gasteiger partial charge in [-0.25, -0.2) is 4.79 Å². The minimum absolute atomic E-state index is 0.235. The quantitative estimate of drug-likeness (QED) is 0.532. The minimum atomic E-state index is -0.996. The molecule has 1 aliphatic heterocycles. The third kappa shape index (κ3) is 1.26. The maximum Gasteiger partial charge on any atom is 0.412 e. The van der Waals surface area contributed by atoms with Gasteiger partial charge in [-0.15, -0.1) is 0 Å². The Bertz CT molecular complexity index is 167. The molecule has 56 valence electrons. The number of nitrogens with zero attached hydrogens (tertiary/aromatic N) is 1. The van der Waals surface area contributed by atoms with E-state index in [0.29, 0.717) is 13.0 Å². The van der Waals surface area contributed by atoms with Crippen molar-refractivity contribution in [3.05, 3.63) is 0 Å². The second-order valence-electron chi connectivity index (χ2n) is 2.34. The first-order valence-corrected chi connectivity index (χ1v) is 3.29. The van der Waals surface area contributed by atoms with Crippen molar-refractivity contribution in [2.24, 2.45) is 0 Å². The van der Waals surface area contributed by atoms with Crippen molar-refractivity contribution in [3.63, 3.8) is 0 Å². The van der Waals surface area contributed by atoms with E-state index < -0.39 is 6.09 Å². The molecule has 0 radical (unpaired) electrons. The Labute approximate surface area is 59.0 Å². The van der Waals surface area contributed by atoms with Crippen LogP contribution in [0.3, 0.4) is 0 Å². The fraction of sp³-hybridized carbons (Fsp3) is 0.667. The molecule has 0 aromatic heterocycles. The number of amidine groups is 1. The number of hydrogen-bond acceptors (Lipinski definition) is 2. The van der Waals surface area contributed by atoms with Gasteiger partial charge in [-0.05, 0) is 12.8 Å². The van der Waals surface area contributed by atoms with Crippen molar-refractivity contribution in [2.45, 2.75) is 19.3 Å². The van der Waals surface area contributed by atoms with Gasteiger partial charge in [-0.1, -0.05) is 0 Å². The van der Waals surface area contributed by atoms with E-state index in [1.54, 1.807) is 0 Å². The van der Waals surface area contributed by atoms with Crippen LogP contribution >= 0.6 is 0 Å². The van der Waals surface area contributed by atoms with Crippen LogP contribution in [0.1, 0.15) is 19.3 Å². The summed E-state index contributed by atoms with van der Waals surface area (Å²) in [5.41, 5.74) is 0. The Morgan fingerprint density at radius 1 is 1.60 bits per heavy atom. The van der Waals surface area contributed by atoms with E-state index in [2.05, 4.69) is 0 Å². The number of piperidine rings is 1. The zero-order chi connectivity index (χ0) is 7.56. The summed E-state index contributed by atoms with van der Waals surface area (Å²) < 4.78 is 0. The van der Waals surface area contributed by atoms with Crippen molar-refractivity contribution < 1.29 is 9.90 Å². The monoisotopic (exact) mass is 142 g/mol. The molecule has 10 heavy (non-hydrogen) atoms. The molecule has 1 saturated heterocycles. The molecule has 4 heteroatoms. The molecule has 1 rings (SSSR count). The van der Waals surface area contributed by atoms with E-state index in [1.807, 2.05) is 0 Å². The predicted octanol–water partition coefficient (Wildman–Crippen LogP) is 1.13. The maximum atomic E-state index is 10.3. The highest BCUT2D eigenvalue weighted by molar-refractivity contribution is 5.93. The molecule has 0 atom stereocenters. The van der Waals surface area contributed by atoms with Crippen molar-refractivity contribution in [3.8, 4) is 0 Å². The van der Waals surface area contributed by atoms with Gasteiger partial charge in [0, 0.05) is 13.0 Å². The van der Waals surface area contributed by atoms with E-state index in [-0.39, 0.29) is 5.84 Å². The van der Waals surface area contributed by atoms with Gasteiger partial charge in [-0.2, -0.15) is 0 Å². The number of hydrogen-bond donors (Lipinski definition) is 2. The van der Waals surface area contributed by atoms with Gasteiger partial charge in [0.05, 0.1) is 0 Å². The van der Waals surface area contributed by atoms with Crippen LogP contribution in [0.15, 0.2) is 0 Å². The third-order valence-corrected chi connectivity index (χ3v) is 1.60. The lowest BCUT2D eigenvalue weighted by molar-refractivity contribution is 0.165. The number of rotatable bonds is 0. The first-order valence-electron chi connectivity index (χ1n) is 3.29. The first kappa shape index (κ1) is 7.05. The fourth-order valence-electron chi connectivity index (χ4n) is 1.04. The van der Waals surface area contributed by atoms with Gasteiger partial charge in [0.1, 0.15) is 5.84 Å². The highest BCUT2D eigenvalue weighted by atomic mass is 16.4. The van der Waals surface area contributed by atoms with E-state index in [9.17, 15) is 4.79 Å². The molecule has 4 nitrogen and oxygen atoms in total. The van der Waals surface area contributed by atoms with Gasteiger partial charge in [-0.3, -0.25) is 10.3 Å². The predicted molar refractivity (Wildman–Crippen MR) is 36.3 cm³/mol. The van der Waals surface area contributed by atoms with Gasteiger partial charge in [0.25, 0.3) is 0 Å². The molecule has 2 N–H and O–H groups in total. The Balaban J connectivity index is 2.56. The second kappa shape index (κ2) is 2.68. The standard InChI is InChI=1S/C6H10N2O2/c7-5-3-1-2-4-8(5)6(9)10/h7H,1-4H2,(H,9,10). The summed E-state index contributed by atoms with van der Waals surface area (Å²) in [7, 11) is 0. The first-order chi connectivity index (χ1) is 4.72. The summed E-state index contributed by atoms with van der Waals surface area (Å²) in [6.07, 6.45) is 1.44.